The van der Waals surface area contributed by atoms with Gasteiger partial charge in [-0.3, -0.25) is 0 Å². The highest BCUT2D eigenvalue weighted by Gasteiger charge is 2.18. The number of hydrogen-bond acceptors (Lipinski definition) is 4. The molecule has 3 nitrogen and oxygen atoms in total. The molecule has 2 rings (SSSR count). The van der Waals surface area contributed by atoms with Gasteiger partial charge in [-0.05, 0) is 52.2 Å². The molecule has 0 aliphatic heterocycles. The number of methoxy groups -OCH3 is 1. The van der Waals surface area contributed by atoms with Crippen molar-refractivity contribution in [1.29, 1.82) is 0 Å². The van der Waals surface area contributed by atoms with Gasteiger partial charge in [-0.2, -0.15) is 0 Å². The Morgan fingerprint density at radius 1 is 1.29 bits per heavy atom. The van der Waals surface area contributed by atoms with Gasteiger partial charge in [-0.1, -0.05) is 25.1 Å². The molecule has 0 fully saturated rings. The first kappa shape index (κ1) is 16.7. The fourth-order valence-corrected chi connectivity index (χ4v) is 3.57. The van der Waals surface area contributed by atoms with E-state index in [0.717, 1.165) is 12.3 Å². The maximum absolute atomic E-state index is 5.87. The molecule has 0 aliphatic carbocycles. The molecule has 21 heavy (non-hydrogen) atoms. The summed E-state index contributed by atoms with van der Waals surface area (Å²) in [5, 5.41) is 5.76. The fraction of sp³-hybridized carbons (Fsp3) is 0.375. The summed E-state index contributed by atoms with van der Waals surface area (Å²) < 4.78 is 12.2. The van der Waals surface area contributed by atoms with Gasteiger partial charge in [0.15, 0.2) is 0 Å². The van der Waals surface area contributed by atoms with Gasteiger partial charge >= 0.3 is 0 Å². The summed E-state index contributed by atoms with van der Waals surface area (Å²) in [5.41, 5.74) is 2.46. The smallest absolute Gasteiger partial charge is 0.124 e. The quantitative estimate of drug-likeness (QED) is 0.519. The van der Waals surface area contributed by atoms with Gasteiger partial charge in [-0.25, -0.2) is 0 Å². The molecular weight excluding hydrogens is 397 g/mol. The van der Waals surface area contributed by atoms with E-state index in [-0.39, 0.29) is 6.04 Å². The summed E-state index contributed by atoms with van der Waals surface area (Å²) in [6, 6.07) is 10.6. The van der Waals surface area contributed by atoms with E-state index < -0.39 is 0 Å². The molecule has 1 atom stereocenters. The summed E-state index contributed by atoms with van der Waals surface area (Å²) in [6.07, 6.45) is 0. The first-order valence-electron chi connectivity index (χ1n) is 6.94. The van der Waals surface area contributed by atoms with E-state index in [9.17, 15) is 0 Å². The number of thiophene rings is 1. The first-order valence-corrected chi connectivity index (χ1v) is 8.90. The van der Waals surface area contributed by atoms with Crippen LogP contribution in [0.3, 0.4) is 0 Å². The van der Waals surface area contributed by atoms with Crippen molar-refractivity contribution in [1.82, 2.24) is 5.32 Å². The standard InChI is InChI=1S/C16H20INO2S/c1-3-18-16(12-10-15(17)21-11-12)13-6-4-5-7-14(13)20-9-8-19-2/h4-7,10-11,16,18H,3,8-9H2,1-2H3. The topological polar surface area (TPSA) is 30.5 Å². The van der Waals surface area contributed by atoms with Crippen LogP contribution in [-0.4, -0.2) is 26.9 Å². The summed E-state index contributed by atoms with van der Waals surface area (Å²) in [4.78, 5) is 0. The Morgan fingerprint density at radius 3 is 2.76 bits per heavy atom. The van der Waals surface area contributed by atoms with E-state index in [4.69, 9.17) is 9.47 Å². The molecule has 0 bridgehead atoms. The largest absolute Gasteiger partial charge is 0.491 e. The van der Waals surface area contributed by atoms with Crippen LogP contribution in [0.4, 0.5) is 0 Å². The summed E-state index contributed by atoms with van der Waals surface area (Å²) in [6.45, 7) is 4.19. The number of benzene rings is 1. The first-order chi connectivity index (χ1) is 10.3. The summed E-state index contributed by atoms with van der Waals surface area (Å²) in [7, 11) is 1.68. The third-order valence-electron chi connectivity index (χ3n) is 3.10. The molecule has 1 N–H and O–H groups in total. The number of hydrogen-bond donors (Lipinski definition) is 1. The minimum Gasteiger partial charge on any atom is -0.491 e. The van der Waals surface area contributed by atoms with E-state index in [1.165, 1.54) is 14.0 Å². The Morgan fingerprint density at radius 2 is 2.10 bits per heavy atom. The lowest BCUT2D eigenvalue weighted by atomic mass is 10.0. The third kappa shape index (κ3) is 4.67. The number of nitrogens with one attached hydrogen (secondary N) is 1. The lowest BCUT2D eigenvalue weighted by Crippen LogP contribution is -2.22. The van der Waals surface area contributed by atoms with Crippen LogP contribution in [0.1, 0.15) is 24.1 Å². The lowest BCUT2D eigenvalue weighted by molar-refractivity contribution is 0.145. The molecule has 0 saturated carbocycles. The zero-order chi connectivity index (χ0) is 15.1. The Kier molecular flexibility index (Phi) is 6.95. The normalized spacial score (nSPS) is 12.3. The van der Waals surface area contributed by atoms with Gasteiger partial charge in [0.2, 0.25) is 0 Å². The zero-order valence-electron chi connectivity index (χ0n) is 12.3. The minimum absolute atomic E-state index is 0.161. The minimum atomic E-state index is 0.161. The van der Waals surface area contributed by atoms with Crippen LogP contribution in [0, 0.1) is 2.88 Å². The molecule has 114 valence electrons. The van der Waals surface area contributed by atoms with Crippen molar-refractivity contribution in [3.8, 4) is 5.75 Å². The van der Waals surface area contributed by atoms with Crippen LogP contribution < -0.4 is 10.1 Å². The lowest BCUT2D eigenvalue weighted by Gasteiger charge is -2.20. The van der Waals surface area contributed by atoms with Crippen molar-refractivity contribution in [2.24, 2.45) is 0 Å². The highest BCUT2D eigenvalue weighted by molar-refractivity contribution is 14.1. The second kappa shape index (κ2) is 8.73. The summed E-state index contributed by atoms with van der Waals surface area (Å²) >= 11 is 4.13. The van der Waals surface area contributed by atoms with Gasteiger partial charge in [0, 0.05) is 12.7 Å². The van der Waals surface area contributed by atoms with Gasteiger partial charge in [0.05, 0.1) is 15.5 Å². The molecule has 0 amide bonds. The molecule has 1 aromatic heterocycles. The van der Waals surface area contributed by atoms with Crippen LogP contribution in [-0.2, 0) is 4.74 Å². The highest BCUT2D eigenvalue weighted by atomic mass is 127. The van der Waals surface area contributed by atoms with Crippen LogP contribution >= 0.6 is 33.9 Å². The predicted octanol–water partition coefficient (Wildman–Crippen LogP) is 4.08. The third-order valence-corrected chi connectivity index (χ3v) is 4.91. The van der Waals surface area contributed by atoms with E-state index in [1.807, 2.05) is 12.1 Å². The maximum atomic E-state index is 5.87. The number of para-hydroxylation sites is 1. The van der Waals surface area contributed by atoms with Crippen LogP contribution in [0.5, 0.6) is 5.75 Å². The Bertz CT molecular complexity index is 559. The number of ether oxygens (including phenoxy) is 2. The molecular formula is C16H20INO2S. The van der Waals surface area contributed by atoms with E-state index in [1.54, 1.807) is 18.4 Å². The van der Waals surface area contributed by atoms with Crippen molar-refractivity contribution in [3.05, 3.63) is 49.7 Å². The average Bonchev–Trinajstić information content (AvgIpc) is 2.92. The Labute approximate surface area is 143 Å². The SMILES string of the molecule is CCNC(c1csc(I)c1)c1ccccc1OCCOC. The molecule has 1 aromatic carbocycles. The number of halogens is 1. The van der Waals surface area contributed by atoms with Crippen molar-refractivity contribution in [2.45, 2.75) is 13.0 Å². The van der Waals surface area contributed by atoms with Crippen molar-refractivity contribution < 1.29 is 9.47 Å². The van der Waals surface area contributed by atoms with Crippen molar-refractivity contribution >= 4 is 33.9 Å². The van der Waals surface area contributed by atoms with Gasteiger partial charge in [0.25, 0.3) is 0 Å². The predicted molar refractivity (Wildman–Crippen MR) is 96.4 cm³/mol. The number of rotatable bonds is 8. The van der Waals surface area contributed by atoms with Crippen LogP contribution in [0.25, 0.3) is 0 Å². The molecule has 0 radical (unpaired) electrons. The molecule has 0 aliphatic rings. The molecule has 1 heterocycles. The van der Waals surface area contributed by atoms with Crippen LogP contribution in [0.15, 0.2) is 35.7 Å². The summed E-state index contributed by atoms with van der Waals surface area (Å²) in [5.74, 6) is 0.918. The van der Waals surface area contributed by atoms with Gasteiger partial charge < -0.3 is 14.8 Å². The van der Waals surface area contributed by atoms with Gasteiger partial charge in [-0.15, -0.1) is 11.3 Å². The second-order valence-electron chi connectivity index (χ2n) is 4.55. The Hall–Kier alpha value is -0.630. The van der Waals surface area contributed by atoms with E-state index in [2.05, 4.69) is 58.4 Å². The highest BCUT2D eigenvalue weighted by Crippen LogP contribution is 2.32. The van der Waals surface area contributed by atoms with Crippen LogP contribution in [0.2, 0.25) is 0 Å². The second-order valence-corrected chi connectivity index (χ2v) is 7.36. The van der Waals surface area contributed by atoms with Crippen molar-refractivity contribution in [3.63, 3.8) is 0 Å². The Balaban J connectivity index is 2.27. The maximum Gasteiger partial charge on any atom is 0.124 e. The zero-order valence-corrected chi connectivity index (χ0v) is 15.2. The monoisotopic (exact) mass is 417 g/mol. The van der Waals surface area contributed by atoms with E-state index >= 15 is 0 Å². The molecule has 1 unspecified atom stereocenters. The van der Waals surface area contributed by atoms with E-state index in [0.29, 0.717) is 13.2 Å². The average molecular weight is 417 g/mol. The molecule has 2 aromatic rings. The molecule has 5 heteroatoms. The molecule has 0 saturated heterocycles. The fourth-order valence-electron chi connectivity index (χ4n) is 2.17. The van der Waals surface area contributed by atoms with Gasteiger partial charge in [0.1, 0.15) is 12.4 Å². The molecule has 0 spiro atoms. The van der Waals surface area contributed by atoms with Crippen molar-refractivity contribution in [2.75, 3.05) is 26.9 Å².